The summed E-state index contributed by atoms with van der Waals surface area (Å²) in [5.74, 6) is 0. The van der Waals surface area contributed by atoms with E-state index in [-0.39, 0.29) is 0 Å². The van der Waals surface area contributed by atoms with E-state index in [0.29, 0.717) is 6.04 Å². The van der Waals surface area contributed by atoms with E-state index in [0.717, 1.165) is 18.0 Å². The SMILES string of the molecule is CCC1Cc2c(Cl)cccc2CN1. The second-order valence-electron chi connectivity index (χ2n) is 3.57. The average Bonchev–Trinajstić information content (AvgIpc) is 2.18. The average molecular weight is 196 g/mol. The summed E-state index contributed by atoms with van der Waals surface area (Å²) in [4.78, 5) is 0. The van der Waals surface area contributed by atoms with Crippen molar-refractivity contribution in [2.45, 2.75) is 32.4 Å². The van der Waals surface area contributed by atoms with E-state index < -0.39 is 0 Å². The predicted molar refractivity (Wildman–Crippen MR) is 56.1 cm³/mol. The summed E-state index contributed by atoms with van der Waals surface area (Å²) in [6.07, 6.45) is 2.25. The molecule has 1 heterocycles. The van der Waals surface area contributed by atoms with Gasteiger partial charge in [-0.15, -0.1) is 0 Å². The van der Waals surface area contributed by atoms with Gasteiger partial charge in [0.15, 0.2) is 0 Å². The Hall–Kier alpha value is -0.530. The highest BCUT2D eigenvalue weighted by molar-refractivity contribution is 6.31. The van der Waals surface area contributed by atoms with Gasteiger partial charge in [0.05, 0.1) is 0 Å². The maximum absolute atomic E-state index is 6.14. The van der Waals surface area contributed by atoms with Crippen LogP contribution in [0.5, 0.6) is 0 Å². The lowest BCUT2D eigenvalue weighted by Gasteiger charge is -2.25. The maximum atomic E-state index is 6.14. The molecule has 13 heavy (non-hydrogen) atoms. The second kappa shape index (κ2) is 3.69. The monoisotopic (exact) mass is 195 g/mol. The summed E-state index contributed by atoms with van der Waals surface area (Å²) in [5, 5.41) is 4.42. The van der Waals surface area contributed by atoms with E-state index in [9.17, 15) is 0 Å². The largest absolute Gasteiger partial charge is 0.310 e. The van der Waals surface area contributed by atoms with E-state index in [1.807, 2.05) is 12.1 Å². The van der Waals surface area contributed by atoms with Crippen molar-refractivity contribution < 1.29 is 0 Å². The van der Waals surface area contributed by atoms with Crippen LogP contribution in [0.25, 0.3) is 0 Å². The quantitative estimate of drug-likeness (QED) is 0.727. The van der Waals surface area contributed by atoms with Crippen molar-refractivity contribution in [3.05, 3.63) is 34.3 Å². The maximum Gasteiger partial charge on any atom is 0.0441 e. The van der Waals surface area contributed by atoms with Gasteiger partial charge in [-0.2, -0.15) is 0 Å². The first-order valence-corrected chi connectivity index (χ1v) is 5.18. The van der Waals surface area contributed by atoms with E-state index >= 15 is 0 Å². The third-order valence-corrected chi connectivity index (χ3v) is 3.09. The van der Waals surface area contributed by atoms with Crippen LogP contribution in [0, 0.1) is 0 Å². The molecular weight excluding hydrogens is 182 g/mol. The van der Waals surface area contributed by atoms with E-state index in [1.54, 1.807) is 0 Å². The van der Waals surface area contributed by atoms with Gasteiger partial charge in [0.2, 0.25) is 0 Å². The van der Waals surface area contributed by atoms with Gasteiger partial charge in [0.1, 0.15) is 0 Å². The van der Waals surface area contributed by atoms with Gasteiger partial charge in [-0.1, -0.05) is 30.7 Å². The van der Waals surface area contributed by atoms with Gasteiger partial charge in [0.25, 0.3) is 0 Å². The van der Waals surface area contributed by atoms with Crippen LogP contribution in [0.4, 0.5) is 0 Å². The summed E-state index contributed by atoms with van der Waals surface area (Å²) >= 11 is 6.14. The molecule has 1 aromatic carbocycles. The molecule has 1 aliphatic heterocycles. The molecule has 1 unspecified atom stereocenters. The van der Waals surface area contributed by atoms with Crippen molar-refractivity contribution in [2.24, 2.45) is 0 Å². The first-order valence-electron chi connectivity index (χ1n) is 4.81. The molecule has 0 bridgehead atoms. The standard InChI is InChI=1S/C11H14ClN/c1-2-9-6-10-8(7-13-9)4-3-5-11(10)12/h3-5,9,13H,2,6-7H2,1H3. The summed E-state index contributed by atoms with van der Waals surface area (Å²) in [5.41, 5.74) is 2.70. The normalized spacial score (nSPS) is 21.2. The van der Waals surface area contributed by atoms with Crippen molar-refractivity contribution in [2.75, 3.05) is 0 Å². The van der Waals surface area contributed by atoms with Crippen LogP contribution in [-0.4, -0.2) is 6.04 Å². The minimum Gasteiger partial charge on any atom is -0.310 e. The third-order valence-electron chi connectivity index (χ3n) is 2.74. The molecule has 70 valence electrons. The number of halogens is 1. The molecule has 1 atom stereocenters. The molecule has 0 radical (unpaired) electrons. The van der Waals surface area contributed by atoms with Crippen LogP contribution in [0.2, 0.25) is 5.02 Å². The summed E-state index contributed by atoms with van der Waals surface area (Å²) in [7, 11) is 0. The molecule has 2 rings (SSSR count). The summed E-state index contributed by atoms with van der Waals surface area (Å²) < 4.78 is 0. The zero-order valence-electron chi connectivity index (χ0n) is 7.81. The summed E-state index contributed by atoms with van der Waals surface area (Å²) in [6, 6.07) is 6.76. The molecule has 0 amide bonds. The Morgan fingerprint density at radius 1 is 1.54 bits per heavy atom. The van der Waals surface area contributed by atoms with Gasteiger partial charge in [-0.3, -0.25) is 0 Å². The molecule has 0 fully saturated rings. The molecule has 0 saturated heterocycles. The molecule has 2 heteroatoms. The fourth-order valence-electron chi connectivity index (χ4n) is 1.86. The molecule has 0 aliphatic carbocycles. The topological polar surface area (TPSA) is 12.0 Å². The number of nitrogens with one attached hydrogen (secondary N) is 1. The van der Waals surface area contributed by atoms with Gasteiger partial charge in [0, 0.05) is 17.6 Å². The summed E-state index contributed by atoms with van der Waals surface area (Å²) in [6.45, 7) is 3.17. The molecular formula is C11H14ClN. The van der Waals surface area contributed by atoms with Gasteiger partial charge < -0.3 is 5.32 Å². The first kappa shape index (κ1) is 9.04. The van der Waals surface area contributed by atoms with Crippen LogP contribution in [0.3, 0.4) is 0 Å². The number of benzene rings is 1. The number of hydrogen-bond acceptors (Lipinski definition) is 1. The second-order valence-corrected chi connectivity index (χ2v) is 3.97. The minimum absolute atomic E-state index is 0.604. The number of rotatable bonds is 1. The van der Waals surface area contributed by atoms with Crippen LogP contribution < -0.4 is 5.32 Å². The molecule has 1 N–H and O–H groups in total. The molecule has 1 aromatic rings. The Morgan fingerprint density at radius 2 is 2.38 bits per heavy atom. The Bertz CT molecular complexity index is 309. The molecule has 0 aromatic heterocycles. The molecule has 0 saturated carbocycles. The number of hydrogen-bond donors (Lipinski definition) is 1. The fourth-order valence-corrected chi connectivity index (χ4v) is 2.13. The lowest BCUT2D eigenvalue weighted by molar-refractivity contribution is 0.468. The van der Waals surface area contributed by atoms with Crippen molar-refractivity contribution in [1.29, 1.82) is 0 Å². The smallest absolute Gasteiger partial charge is 0.0441 e. The van der Waals surface area contributed by atoms with Crippen molar-refractivity contribution >= 4 is 11.6 Å². The Labute approximate surface area is 84.1 Å². The highest BCUT2D eigenvalue weighted by atomic mass is 35.5. The van der Waals surface area contributed by atoms with Crippen molar-refractivity contribution in [3.8, 4) is 0 Å². The Morgan fingerprint density at radius 3 is 3.15 bits per heavy atom. The lowest BCUT2D eigenvalue weighted by atomic mass is 9.95. The van der Waals surface area contributed by atoms with Gasteiger partial charge in [-0.05, 0) is 30.0 Å². The fraction of sp³-hybridized carbons (Fsp3) is 0.455. The van der Waals surface area contributed by atoms with Crippen molar-refractivity contribution in [1.82, 2.24) is 5.32 Å². The van der Waals surface area contributed by atoms with Gasteiger partial charge >= 0.3 is 0 Å². The Kier molecular flexibility index (Phi) is 2.56. The first-order chi connectivity index (χ1) is 6.31. The highest BCUT2D eigenvalue weighted by Crippen LogP contribution is 2.25. The lowest BCUT2D eigenvalue weighted by Crippen LogP contribution is -2.34. The van der Waals surface area contributed by atoms with E-state index in [2.05, 4.69) is 18.3 Å². The highest BCUT2D eigenvalue weighted by Gasteiger charge is 2.17. The third kappa shape index (κ3) is 1.72. The van der Waals surface area contributed by atoms with Crippen LogP contribution in [0.15, 0.2) is 18.2 Å². The van der Waals surface area contributed by atoms with Crippen LogP contribution in [-0.2, 0) is 13.0 Å². The predicted octanol–water partition coefficient (Wildman–Crippen LogP) is 2.76. The van der Waals surface area contributed by atoms with Crippen molar-refractivity contribution in [3.63, 3.8) is 0 Å². The Balaban J connectivity index is 2.32. The zero-order chi connectivity index (χ0) is 9.26. The number of fused-ring (bicyclic) bond motifs is 1. The van der Waals surface area contributed by atoms with E-state index in [4.69, 9.17) is 11.6 Å². The van der Waals surface area contributed by atoms with E-state index in [1.165, 1.54) is 17.5 Å². The van der Waals surface area contributed by atoms with Crippen LogP contribution in [0.1, 0.15) is 24.5 Å². The minimum atomic E-state index is 0.604. The van der Waals surface area contributed by atoms with Gasteiger partial charge in [-0.25, -0.2) is 0 Å². The molecule has 1 nitrogen and oxygen atoms in total. The molecule has 0 spiro atoms. The zero-order valence-corrected chi connectivity index (χ0v) is 8.56. The van der Waals surface area contributed by atoms with Crippen LogP contribution >= 0.6 is 11.6 Å². The molecule has 1 aliphatic rings.